The summed E-state index contributed by atoms with van der Waals surface area (Å²) in [5, 5.41) is 12.6. The van der Waals surface area contributed by atoms with Gasteiger partial charge in [0.15, 0.2) is 5.82 Å². The van der Waals surface area contributed by atoms with Crippen molar-refractivity contribution in [2.45, 2.75) is 13.7 Å². The molecule has 0 aliphatic carbocycles. The summed E-state index contributed by atoms with van der Waals surface area (Å²) in [4.78, 5) is 23.2. The maximum Gasteiger partial charge on any atom is 0.263 e. The van der Waals surface area contributed by atoms with Crippen molar-refractivity contribution in [2.24, 2.45) is 0 Å². The van der Waals surface area contributed by atoms with Crippen LogP contribution in [-0.4, -0.2) is 70.2 Å². The average Bonchev–Trinajstić information content (AvgIpc) is 3.23. The molecular formula is C25H33N3O4S2. The van der Waals surface area contributed by atoms with Gasteiger partial charge in [-0.25, -0.2) is 4.98 Å². The van der Waals surface area contributed by atoms with E-state index in [0.29, 0.717) is 34.8 Å². The summed E-state index contributed by atoms with van der Waals surface area (Å²) < 4.78 is 14.2. The van der Waals surface area contributed by atoms with Gasteiger partial charge in [0.25, 0.3) is 5.56 Å². The third-order valence-corrected chi connectivity index (χ3v) is 8.34. The molecule has 34 heavy (non-hydrogen) atoms. The van der Waals surface area contributed by atoms with E-state index in [0.717, 1.165) is 21.4 Å². The fourth-order valence-corrected chi connectivity index (χ4v) is 5.20. The van der Waals surface area contributed by atoms with Crippen LogP contribution in [0.5, 0.6) is 5.75 Å². The number of aliphatic hydroxyl groups excluding tert-OH is 1. The summed E-state index contributed by atoms with van der Waals surface area (Å²) >= 11 is 1.63. The van der Waals surface area contributed by atoms with Crippen LogP contribution in [-0.2, 0) is 11.5 Å². The summed E-state index contributed by atoms with van der Waals surface area (Å²) in [5.41, 5.74) is 1.85. The van der Waals surface area contributed by atoms with Crippen LogP contribution in [0.25, 0.3) is 32.5 Å². The smallest absolute Gasteiger partial charge is 0.263 e. The third-order valence-electron chi connectivity index (χ3n) is 5.50. The molecule has 3 aromatic heterocycles. The molecule has 0 spiro atoms. The van der Waals surface area contributed by atoms with Gasteiger partial charge in [-0.05, 0) is 78.3 Å². The van der Waals surface area contributed by atoms with E-state index in [9.17, 15) is 4.79 Å². The Bertz CT molecular complexity index is 1390. The van der Waals surface area contributed by atoms with Gasteiger partial charge in [0.2, 0.25) is 0 Å². The molecule has 0 amide bonds. The van der Waals surface area contributed by atoms with E-state index in [1.54, 1.807) is 22.0 Å². The number of aromatic nitrogens is 3. The van der Waals surface area contributed by atoms with Gasteiger partial charge < -0.3 is 14.6 Å². The maximum atomic E-state index is 13.7. The molecule has 0 aliphatic rings. The number of nitrogens with zero attached hydrogens (tertiary/aromatic N) is 3. The van der Waals surface area contributed by atoms with Gasteiger partial charge in [-0.1, -0.05) is 0 Å². The molecule has 0 saturated heterocycles. The SMILES string of the molecule is Cc1cc(OCCO)cc2c(=O)n(COCC[SH](C)(C)(C)C)c(-c3cc4ccsc4cn3)nc12. The zero-order valence-corrected chi connectivity index (χ0v) is 22.1. The molecule has 0 unspecified atom stereocenters. The fraction of sp³-hybridized carbons (Fsp3) is 0.400. The molecule has 0 aliphatic heterocycles. The standard InChI is InChI=1S/C25H33N3O4S2/c1-17-12-19(32-8-7-29)14-20-23(17)27-24(21-13-18-6-10-33-22(18)15-26-21)28(25(20)30)16-31-9-11-34(2,3,4)5/h6,10,12-15,29,34H,7-9,11,16H2,1-5H3. The van der Waals surface area contributed by atoms with Gasteiger partial charge in [0, 0.05) is 6.20 Å². The Morgan fingerprint density at radius 1 is 1.15 bits per heavy atom. The second-order valence-electron chi connectivity index (χ2n) is 10.6. The molecule has 4 rings (SSSR count). The summed E-state index contributed by atoms with van der Waals surface area (Å²) in [7, 11) is -1.72. The first-order valence-electron chi connectivity index (χ1n) is 11.2. The van der Waals surface area contributed by atoms with Crippen molar-refractivity contribution in [3.8, 4) is 17.3 Å². The molecule has 0 saturated carbocycles. The van der Waals surface area contributed by atoms with Crippen LogP contribution in [0, 0.1) is 6.92 Å². The number of pyridine rings is 1. The lowest BCUT2D eigenvalue weighted by molar-refractivity contribution is 0.0879. The van der Waals surface area contributed by atoms with E-state index >= 15 is 0 Å². The highest BCUT2D eigenvalue weighted by Crippen LogP contribution is 2.54. The molecule has 0 fully saturated rings. The van der Waals surface area contributed by atoms with Crippen LogP contribution in [0.1, 0.15) is 5.56 Å². The number of aryl methyl sites for hydroxylation is 1. The zero-order chi connectivity index (χ0) is 24.5. The van der Waals surface area contributed by atoms with Crippen LogP contribution in [0.2, 0.25) is 0 Å². The van der Waals surface area contributed by atoms with Gasteiger partial charge >= 0.3 is 0 Å². The van der Waals surface area contributed by atoms with E-state index in [2.05, 4.69) is 30.0 Å². The maximum absolute atomic E-state index is 13.7. The normalized spacial score (nSPS) is 13.3. The van der Waals surface area contributed by atoms with Crippen LogP contribution < -0.4 is 10.3 Å². The Morgan fingerprint density at radius 3 is 2.68 bits per heavy atom. The van der Waals surface area contributed by atoms with Crippen LogP contribution >= 0.6 is 20.5 Å². The first-order valence-corrected chi connectivity index (χ1v) is 16.3. The molecule has 0 radical (unpaired) electrons. The van der Waals surface area contributed by atoms with Crippen LogP contribution in [0.4, 0.5) is 0 Å². The highest BCUT2D eigenvalue weighted by Gasteiger charge is 2.20. The third kappa shape index (κ3) is 5.60. The molecule has 3 heterocycles. The number of benzene rings is 1. The molecule has 4 aromatic rings. The van der Waals surface area contributed by atoms with Crippen LogP contribution in [0.3, 0.4) is 0 Å². The lowest BCUT2D eigenvalue weighted by Crippen LogP contribution is -2.27. The Balaban J connectivity index is 1.81. The molecular weight excluding hydrogens is 470 g/mol. The Kier molecular flexibility index (Phi) is 6.74. The predicted molar refractivity (Wildman–Crippen MR) is 145 cm³/mol. The summed E-state index contributed by atoms with van der Waals surface area (Å²) in [6.45, 7) is 2.62. The molecule has 7 nitrogen and oxygen atoms in total. The minimum atomic E-state index is -1.72. The number of thiophene rings is 1. The number of fused-ring (bicyclic) bond motifs is 2. The van der Waals surface area contributed by atoms with Crippen molar-refractivity contribution in [3.05, 3.63) is 51.8 Å². The van der Waals surface area contributed by atoms with Crippen molar-refractivity contribution in [1.82, 2.24) is 14.5 Å². The first-order chi connectivity index (χ1) is 16.0. The van der Waals surface area contributed by atoms with Crippen molar-refractivity contribution in [1.29, 1.82) is 0 Å². The van der Waals surface area contributed by atoms with Gasteiger partial charge in [-0.3, -0.25) is 23.5 Å². The number of hydrogen-bond acceptors (Lipinski definition) is 7. The summed E-state index contributed by atoms with van der Waals surface area (Å²) in [6, 6.07) is 7.52. The fourth-order valence-electron chi connectivity index (χ4n) is 3.60. The van der Waals surface area contributed by atoms with Crippen molar-refractivity contribution < 1.29 is 14.6 Å². The number of ether oxygens (including phenoxy) is 2. The first kappa shape index (κ1) is 24.7. The average molecular weight is 504 g/mol. The molecule has 0 bridgehead atoms. The van der Waals surface area contributed by atoms with E-state index in [4.69, 9.17) is 19.6 Å². The van der Waals surface area contributed by atoms with E-state index in [1.807, 2.05) is 36.7 Å². The Morgan fingerprint density at radius 2 is 1.94 bits per heavy atom. The second-order valence-corrected chi connectivity index (χ2v) is 19.9. The number of thiol groups is 1. The molecule has 0 atom stereocenters. The molecule has 1 N–H and O–H groups in total. The Labute approximate surface area is 203 Å². The lowest BCUT2D eigenvalue weighted by Gasteiger charge is -2.46. The number of aliphatic hydroxyl groups is 1. The minimum Gasteiger partial charge on any atom is -0.491 e. The zero-order valence-electron chi connectivity index (χ0n) is 20.4. The van der Waals surface area contributed by atoms with Gasteiger partial charge in [0.05, 0.1) is 28.8 Å². The van der Waals surface area contributed by atoms with E-state index in [-0.39, 0.29) is 25.5 Å². The van der Waals surface area contributed by atoms with Crippen LogP contribution in [0.15, 0.2) is 40.6 Å². The number of hydrogen-bond donors (Lipinski definition) is 2. The summed E-state index contributed by atoms with van der Waals surface area (Å²) in [6.07, 6.45) is 11.0. The van der Waals surface area contributed by atoms with Gasteiger partial charge in [-0.15, -0.1) is 11.3 Å². The Hall–Kier alpha value is -2.46. The van der Waals surface area contributed by atoms with Gasteiger partial charge in [0.1, 0.15) is 24.8 Å². The molecule has 184 valence electrons. The van der Waals surface area contributed by atoms with E-state index < -0.39 is 9.16 Å². The largest absolute Gasteiger partial charge is 0.491 e. The van der Waals surface area contributed by atoms with Crippen molar-refractivity contribution >= 4 is 41.5 Å². The second kappa shape index (κ2) is 9.30. The van der Waals surface area contributed by atoms with Gasteiger partial charge in [-0.2, -0.15) is 0 Å². The van der Waals surface area contributed by atoms with Crippen molar-refractivity contribution in [3.63, 3.8) is 0 Å². The summed E-state index contributed by atoms with van der Waals surface area (Å²) in [5.74, 6) is 1.98. The molecule has 9 heteroatoms. The minimum absolute atomic E-state index is 0.0910. The van der Waals surface area contributed by atoms with Crippen molar-refractivity contribution in [2.75, 3.05) is 50.6 Å². The number of rotatable bonds is 9. The monoisotopic (exact) mass is 503 g/mol. The topological polar surface area (TPSA) is 86.5 Å². The highest BCUT2D eigenvalue weighted by atomic mass is 32.3. The molecule has 1 aromatic carbocycles. The predicted octanol–water partition coefficient (Wildman–Crippen LogP) is 3.92. The lowest BCUT2D eigenvalue weighted by atomic mass is 10.1. The highest BCUT2D eigenvalue weighted by molar-refractivity contribution is 8.47. The quantitative estimate of drug-likeness (QED) is 0.266. The van der Waals surface area contributed by atoms with E-state index in [1.165, 1.54) is 0 Å².